The smallest absolute Gasteiger partial charge is 0.0434 e. The van der Waals surface area contributed by atoms with Crippen LogP contribution in [-0.2, 0) is 0 Å². The number of anilines is 1. The van der Waals surface area contributed by atoms with Crippen molar-refractivity contribution in [3.8, 4) is 0 Å². The van der Waals surface area contributed by atoms with Gasteiger partial charge >= 0.3 is 0 Å². The van der Waals surface area contributed by atoms with E-state index in [1.54, 1.807) is 0 Å². The lowest BCUT2D eigenvalue weighted by Gasteiger charge is -2.15. The highest BCUT2D eigenvalue weighted by Crippen LogP contribution is 2.20. The van der Waals surface area contributed by atoms with Crippen LogP contribution in [0.1, 0.15) is 19.4 Å². The largest absolute Gasteiger partial charge is 0.377 e. The molecule has 0 aliphatic rings. The number of rotatable bonds is 2. The van der Waals surface area contributed by atoms with Crippen molar-refractivity contribution in [1.82, 2.24) is 0 Å². The van der Waals surface area contributed by atoms with Gasteiger partial charge in [-0.3, -0.25) is 0 Å². The fraction of sp³-hybridized carbons (Fsp3) is 0.333. The third-order valence-corrected chi connectivity index (χ3v) is 1.86. The van der Waals surface area contributed by atoms with Crippen LogP contribution < -0.4 is 4.90 Å². The Labute approximate surface area is 80.7 Å². The summed E-state index contributed by atoms with van der Waals surface area (Å²) in [6.45, 7) is 4.24. The maximum absolute atomic E-state index is 2.20. The molecule has 0 atom stereocenters. The molecule has 0 heterocycles. The summed E-state index contributed by atoms with van der Waals surface area (Å²) in [5.74, 6) is 0. The maximum Gasteiger partial charge on any atom is 0.0434 e. The number of nitrogens with zero attached hydrogens (tertiary/aromatic N) is 1. The molecule has 0 radical (unpaired) electrons. The van der Waals surface area contributed by atoms with Crippen molar-refractivity contribution in [2.75, 3.05) is 19.0 Å². The molecule has 13 heavy (non-hydrogen) atoms. The Hall–Kier alpha value is -1.24. The first-order chi connectivity index (χ1) is 6.11. The van der Waals surface area contributed by atoms with Crippen molar-refractivity contribution >= 4 is 11.8 Å². The van der Waals surface area contributed by atoms with Gasteiger partial charge in [0, 0.05) is 19.8 Å². The predicted molar refractivity (Wildman–Crippen MR) is 60.1 cm³/mol. The molecule has 0 aromatic heterocycles. The molecule has 0 bridgehead atoms. The lowest BCUT2D eigenvalue weighted by molar-refractivity contribution is 1.13. The van der Waals surface area contributed by atoms with Gasteiger partial charge in [0.2, 0.25) is 0 Å². The summed E-state index contributed by atoms with van der Waals surface area (Å²) in [6.07, 6.45) is 2.20. The van der Waals surface area contributed by atoms with E-state index in [1.165, 1.54) is 16.8 Å². The minimum absolute atomic E-state index is 1.27. The van der Waals surface area contributed by atoms with E-state index in [2.05, 4.69) is 63.2 Å². The second kappa shape index (κ2) is 4.13. The van der Waals surface area contributed by atoms with Crippen molar-refractivity contribution < 1.29 is 0 Å². The minimum atomic E-state index is 1.27. The standard InChI is InChI=1S/C12H17N/c1-10(2)9-11-7-5-6-8-12(11)13(3)4/h5-9H,1-4H3. The average Bonchev–Trinajstić information content (AvgIpc) is 2.03. The summed E-state index contributed by atoms with van der Waals surface area (Å²) in [7, 11) is 4.13. The van der Waals surface area contributed by atoms with E-state index < -0.39 is 0 Å². The first-order valence-corrected chi connectivity index (χ1v) is 4.52. The lowest BCUT2D eigenvalue weighted by Crippen LogP contribution is -2.09. The molecule has 1 heteroatoms. The Kier molecular flexibility index (Phi) is 3.13. The normalized spacial score (nSPS) is 9.54. The Bertz CT molecular complexity index is 307. The summed E-state index contributed by atoms with van der Waals surface area (Å²) >= 11 is 0. The summed E-state index contributed by atoms with van der Waals surface area (Å²) in [4.78, 5) is 2.13. The van der Waals surface area contributed by atoms with Gasteiger partial charge in [-0.1, -0.05) is 29.8 Å². The molecule has 0 spiro atoms. The molecular formula is C12H17N. The summed E-state index contributed by atoms with van der Waals surface area (Å²) < 4.78 is 0. The number of para-hydroxylation sites is 1. The van der Waals surface area contributed by atoms with E-state index in [4.69, 9.17) is 0 Å². The molecule has 0 aliphatic heterocycles. The zero-order valence-corrected chi connectivity index (χ0v) is 8.83. The molecule has 70 valence electrons. The van der Waals surface area contributed by atoms with E-state index in [1.807, 2.05) is 0 Å². The van der Waals surface area contributed by atoms with Crippen LogP contribution in [-0.4, -0.2) is 14.1 Å². The van der Waals surface area contributed by atoms with Gasteiger partial charge in [0.05, 0.1) is 0 Å². The average molecular weight is 175 g/mol. The van der Waals surface area contributed by atoms with E-state index in [0.29, 0.717) is 0 Å². The molecule has 0 aliphatic carbocycles. The molecule has 1 aromatic carbocycles. The third kappa shape index (κ3) is 2.62. The van der Waals surface area contributed by atoms with Crippen molar-refractivity contribution in [3.05, 3.63) is 35.4 Å². The van der Waals surface area contributed by atoms with E-state index in [-0.39, 0.29) is 0 Å². The van der Waals surface area contributed by atoms with Crippen LogP contribution in [0.25, 0.3) is 6.08 Å². The first-order valence-electron chi connectivity index (χ1n) is 4.52. The van der Waals surface area contributed by atoms with Gasteiger partial charge in [-0.05, 0) is 25.5 Å². The third-order valence-electron chi connectivity index (χ3n) is 1.86. The van der Waals surface area contributed by atoms with E-state index in [0.717, 1.165) is 0 Å². The highest BCUT2D eigenvalue weighted by molar-refractivity contribution is 5.68. The molecule has 0 amide bonds. The Balaban J connectivity index is 3.12. The van der Waals surface area contributed by atoms with Gasteiger partial charge in [0.25, 0.3) is 0 Å². The zero-order chi connectivity index (χ0) is 9.84. The summed E-state index contributed by atoms with van der Waals surface area (Å²) in [5, 5.41) is 0. The molecule has 0 saturated heterocycles. The van der Waals surface area contributed by atoms with Gasteiger partial charge in [0.1, 0.15) is 0 Å². The fourth-order valence-electron chi connectivity index (χ4n) is 1.33. The topological polar surface area (TPSA) is 3.24 Å². The van der Waals surface area contributed by atoms with Gasteiger partial charge in [-0.15, -0.1) is 0 Å². The molecular weight excluding hydrogens is 158 g/mol. The van der Waals surface area contributed by atoms with Crippen LogP contribution in [0.5, 0.6) is 0 Å². The van der Waals surface area contributed by atoms with Crippen molar-refractivity contribution in [2.24, 2.45) is 0 Å². The minimum Gasteiger partial charge on any atom is -0.377 e. The Morgan fingerprint density at radius 1 is 1.15 bits per heavy atom. The summed E-state index contributed by atoms with van der Waals surface area (Å²) in [5.41, 5.74) is 3.88. The van der Waals surface area contributed by atoms with E-state index >= 15 is 0 Å². The van der Waals surface area contributed by atoms with Crippen molar-refractivity contribution in [1.29, 1.82) is 0 Å². The molecule has 0 saturated carbocycles. The first kappa shape index (κ1) is 9.85. The monoisotopic (exact) mass is 175 g/mol. The maximum atomic E-state index is 2.20. The molecule has 1 nitrogen and oxygen atoms in total. The zero-order valence-electron chi connectivity index (χ0n) is 8.83. The fourth-order valence-corrected chi connectivity index (χ4v) is 1.33. The highest BCUT2D eigenvalue weighted by atomic mass is 15.1. The quantitative estimate of drug-likeness (QED) is 0.667. The van der Waals surface area contributed by atoms with Gasteiger partial charge in [0.15, 0.2) is 0 Å². The number of hydrogen-bond acceptors (Lipinski definition) is 1. The molecule has 0 unspecified atom stereocenters. The molecule has 0 fully saturated rings. The Morgan fingerprint density at radius 2 is 1.77 bits per heavy atom. The SMILES string of the molecule is CC(C)=Cc1ccccc1N(C)C. The van der Waals surface area contributed by atoms with Gasteiger partial charge in [-0.2, -0.15) is 0 Å². The van der Waals surface area contributed by atoms with Gasteiger partial charge in [-0.25, -0.2) is 0 Å². The number of allylic oxidation sites excluding steroid dienone is 1. The van der Waals surface area contributed by atoms with Crippen LogP contribution in [0.2, 0.25) is 0 Å². The predicted octanol–water partition coefficient (Wildman–Crippen LogP) is 3.18. The molecule has 1 rings (SSSR count). The van der Waals surface area contributed by atoms with Crippen LogP contribution in [0.4, 0.5) is 5.69 Å². The summed E-state index contributed by atoms with van der Waals surface area (Å²) in [6, 6.07) is 8.41. The van der Waals surface area contributed by atoms with Crippen LogP contribution in [0.15, 0.2) is 29.8 Å². The second-order valence-electron chi connectivity index (χ2n) is 3.67. The van der Waals surface area contributed by atoms with E-state index in [9.17, 15) is 0 Å². The van der Waals surface area contributed by atoms with Crippen LogP contribution >= 0.6 is 0 Å². The Morgan fingerprint density at radius 3 is 2.31 bits per heavy atom. The molecule has 0 N–H and O–H groups in total. The second-order valence-corrected chi connectivity index (χ2v) is 3.67. The van der Waals surface area contributed by atoms with Gasteiger partial charge < -0.3 is 4.90 Å². The van der Waals surface area contributed by atoms with Crippen LogP contribution in [0.3, 0.4) is 0 Å². The van der Waals surface area contributed by atoms with Crippen molar-refractivity contribution in [2.45, 2.75) is 13.8 Å². The number of benzene rings is 1. The lowest BCUT2D eigenvalue weighted by atomic mass is 10.1. The van der Waals surface area contributed by atoms with Crippen molar-refractivity contribution in [3.63, 3.8) is 0 Å². The highest BCUT2D eigenvalue weighted by Gasteiger charge is 1.99. The van der Waals surface area contributed by atoms with Crippen LogP contribution in [0, 0.1) is 0 Å². The molecule has 1 aromatic rings. The number of hydrogen-bond donors (Lipinski definition) is 0.